The van der Waals surface area contributed by atoms with E-state index >= 15 is 0 Å². The number of benzene rings is 3. The molecular formula is C33H42N4O6. The van der Waals surface area contributed by atoms with Crippen molar-refractivity contribution >= 4 is 57.5 Å². The molecule has 0 radical (unpaired) electrons. The molecule has 0 heterocycles. The number of rotatable bonds is 10. The van der Waals surface area contributed by atoms with E-state index in [0.29, 0.717) is 40.1 Å². The Bertz CT molecular complexity index is 1500. The standard InChI is InChI=1S/C33H42N4O6/c1-18(2)30(38)34-26-12-10-13-27(22(26)8)36-33(41)43-21(7)15-23-16-25-24(29(17-23)35-31(39)19(3)4)11-9-14-28(25)37-32(40)42-20(5)6/h9-14,16-21H,15H2,1-8H3,(H,34,38)(H,35,39)(H,36,41)(H,37,40). The van der Waals surface area contributed by atoms with E-state index in [-0.39, 0.29) is 29.8 Å². The Labute approximate surface area is 252 Å². The van der Waals surface area contributed by atoms with Crippen molar-refractivity contribution in [2.75, 3.05) is 21.3 Å². The highest BCUT2D eigenvalue weighted by Gasteiger charge is 2.18. The van der Waals surface area contributed by atoms with Crippen LogP contribution in [-0.4, -0.2) is 36.2 Å². The summed E-state index contributed by atoms with van der Waals surface area (Å²) in [7, 11) is 0. The Kier molecular flexibility index (Phi) is 11.1. The molecule has 10 heteroatoms. The molecule has 0 aliphatic heterocycles. The zero-order valence-corrected chi connectivity index (χ0v) is 26.1. The van der Waals surface area contributed by atoms with Crippen molar-refractivity contribution in [2.24, 2.45) is 11.8 Å². The van der Waals surface area contributed by atoms with Gasteiger partial charge < -0.3 is 20.1 Å². The van der Waals surface area contributed by atoms with Crippen LogP contribution in [0.3, 0.4) is 0 Å². The molecule has 0 saturated heterocycles. The minimum absolute atomic E-state index is 0.119. The molecule has 43 heavy (non-hydrogen) atoms. The number of ether oxygens (including phenoxy) is 2. The van der Waals surface area contributed by atoms with Crippen LogP contribution in [0.2, 0.25) is 0 Å². The van der Waals surface area contributed by atoms with Gasteiger partial charge in [0.15, 0.2) is 0 Å². The molecule has 0 fully saturated rings. The summed E-state index contributed by atoms with van der Waals surface area (Å²) in [5, 5.41) is 12.8. The van der Waals surface area contributed by atoms with Crippen molar-refractivity contribution in [3.8, 4) is 0 Å². The van der Waals surface area contributed by atoms with Crippen LogP contribution in [0.15, 0.2) is 48.5 Å². The van der Waals surface area contributed by atoms with Crippen molar-refractivity contribution in [1.82, 2.24) is 0 Å². The molecule has 4 amide bonds. The van der Waals surface area contributed by atoms with Gasteiger partial charge in [-0.2, -0.15) is 0 Å². The van der Waals surface area contributed by atoms with E-state index < -0.39 is 18.3 Å². The summed E-state index contributed by atoms with van der Waals surface area (Å²) < 4.78 is 10.9. The van der Waals surface area contributed by atoms with Crippen molar-refractivity contribution in [2.45, 2.75) is 74.0 Å². The van der Waals surface area contributed by atoms with Crippen LogP contribution >= 0.6 is 0 Å². The Morgan fingerprint density at radius 2 is 1.14 bits per heavy atom. The third-order valence-electron chi connectivity index (χ3n) is 6.60. The third-order valence-corrected chi connectivity index (χ3v) is 6.60. The van der Waals surface area contributed by atoms with Crippen LogP contribution < -0.4 is 21.3 Å². The fourth-order valence-corrected chi connectivity index (χ4v) is 4.29. The molecule has 3 aromatic rings. The summed E-state index contributed by atoms with van der Waals surface area (Å²) in [4.78, 5) is 50.0. The number of hydrogen-bond donors (Lipinski definition) is 4. The topological polar surface area (TPSA) is 135 Å². The molecule has 1 unspecified atom stereocenters. The lowest BCUT2D eigenvalue weighted by Gasteiger charge is -2.19. The summed E-state index contributed by atoms with van der Waals surface area (Å²) in [5.74, 6) is -0.697. The van der Waals surface area contributed by atoms with Gasteiger partial charge >= 0.3 is 12.2 Å². The summed E-state index contributed by atoms with van der Waals surface area (Å²) in [5.41, 5.74) is 3.73. The van der Waals surface area contributed by atoms with E-state index in [1.54, 1.807) is 85.7 Å². The van der Waals surface area contributed by atoms with Gasteiger partial charge in [0, 0.05) is 46.1 Å². The van der Waals surface area contributed by atoms with Gasteiger partial charge in [-0.15, -0.1) is 0 Å². The molecule has 230 valence electrons. The smallest absolute Gasteiger partial charge is 0.411 e. The van der Waals surface area contributed by atoms with Gasteiger partial charge in [-0.05, 0) is 69.2 Å². The van der Waals surface area contributed by atoms with Crippen LogP contribution in [0, 0.1) is 18.8 Å². The van der Waals surface area contributed by atoms with Crippen molar-refractivity contribution in [1.29, 1.82) is 0 Å². The van der Waals surface area contributed by atoms with E-state index in [4.69, 9.17) is 9.47 Å². The number of carbonyl (C=O) groups is 4. The second-order valence-corrected chi connectivity index (χ2v) is 11.4. The molecular weight excluding hydrogens is 548 g/mol. The summed E-state index contributed by atoms with van der Waals surface area (Å²) in [6.07, 6.45) is -1.72. The third kappa shape index (κ3) is 9.19. The number of hydrogen-bond acceptors (Lipinski definition) is 6. The Morgan fingerprint density at radius 3 is 1.74 bits per heavy atom. The van der Waals surface area contributed by atoms with Crippen LogP contribution in [0.5, 0.6) is 0 Å². The average molecular weight is 591 g/mol. The van der Waals surface area contributed by atoms with Gasteiger partial charge in [0.1, 0.15) is 6.10 Å². The quantitative estimate of drug-likeness (QED) is 0.193. The van der Waals surface area contributed by atoms with E-state index in [9.17, 15) is 19.2 Å². The Balaban J connectivity index is 1.83. The maximum absolute atomic E-state index is 12.8. The van der Waals surface area contributed by atoms with E-state index in [0.717, 1.165) is 10.9 Å². The number of amides is 4. The highest BCUT2D eigenvalue weighted by molar-refractivity contribution is 6.09. The van der Waals surface area contributed by atoms with E-state index in [2.05, 4.69) is 21.3 Å². The second kappa shape index (κ2) is 14.5. The molecule has 4 N–H and O–H groups in total. The molecule has 3 aromatic carbocycles. The first-order valence-electron chi connectivity index (χ1n) is 14.5. The average Bonchev–Trinajstić information content (AvgIpc) is 2.90. The lowest BCUT2D eigenvalue weighted by atomic mass is 9.99. The van der Waals surface area contributed by atoms with Gasteiger partial charge in [0.2, 0.25) is 11.8 Å². The lowest BCUT2D eigenvalue weighted by molar-refractivity contribution is -0.119. The van der Waals surface area contributed by atoms with Gasteiger partial charge in [-0.1, -0.05) is 45.9 Å². The Morgan fingerprint density at radius 1 is 0.628 bits per heavy atom. The van der Waals surface area contributed by atoms with E-state index in [1.165, 1.54) is 0 Å². The van der Waals surface area contributed by atoms with Crippen molar-refractivity contribution < 1.29 is 28.7 Å². The predicted molar refractivity (Wildman–Crippen MR) is 171 cm³/mol. The number of fused-ring (bicyclic) bond motifs is 1. The fraction of sp³-hybridized carbons (Fsp3) is 0.394. The first kappa shape index (κ1) is 32.9. The minimum atomic E-state index is -0.643. The highest BCUT2D eigenvalue weighted by Crippen LogP contribution is 2.32. The lowest BCUT2D eigenvalue weighted by Crippen LogP contribution is -2.23. The summed E-state index contributed by atoms with van der Waals surface area (Å²) >= 11 is 0. The zero-order valence-electron chi connectivity index (χ0n) is 26.1. The highest BCUT2D eigenvalue weighted by atomic mass is 16.6. The normalized spacial score (nSPS) is 11.8. The molecule has 0 bridgehead atoms. The SMILES string of the molecule is Cc1c(NC(=O)OC(C)Cc2cc(NC(=O)C(C)C)c3cccc(NC(=O)OC(C)C)c3c2)cccc1NC(=O)C(C)C. The maximum Gasteiger partial charge on any atom is 0.411 e. The number of carbonyl (C=O) groups excluding carboxylic acids is 4. The zero-order chi connectivity index (χ0) is 31.8. The van der Waals surface area contributed by atoms with Gasteiger partial charge in [-0.25, -0.2) is 9.59 Å². The summed E-state index contributed by atoms with van der Waals surface area (Å²) in [6.45, 7) is 14.3. The second-order valence-electron chi connectivity index (χ2n) is 11.4. The van der Waals surface area contributed by atoms with Crippen LogP contribution in [0.25, 0.3) is 10.8 Å². The largest absolute Gasteiger partial charge is 0.447 e. The minimum Gasteiger partial charge on any atom is -0.447 e. The first-order valence-corrected chi connectivity index (χ1v) is 14.5. The molecule has 3 rings (SSSR count). The number of anilines is 4. The number of nitrogens with one attached hydrogen (secondary N) is 4. The summed E-state index contributed by atoms with van der Waals surface area (Å²) in [6, 6.07) is 14.4. The van der Waals surface area contributed by atoms with Gasteiger partial charge in [0.05, 0.1) is 11.8 Å². The molecule has 0 saturated carbocycles. The van der Waals surface area contributed by atoms with Gasteiger partial charge in [0.25, 0.3) is 0 Å². The predicted octanol–water partition coefficient (Wildman–Crippen LogP) is 7.47. The fourth-order valence-electron chi connectivity index (χ4n) is 4.29. The van der Waals surface area contributed by atoms with Crippen LogP contribution in [0.1, 0.15) is 59.6 Å². The van der Waals surface area contributed by atoms with Gasteiger partial charge in [-0.3, -0.25) is 20.2 Å². The molecule has 0 aliphatic carbocycles. The Hall–Kier alpha value is -4.60. The molecule has 10 nitrogen and oxygen atoms in total. The monoisotopic (exact) mass is 590 g/mol. The molecule has 1 atom stereocenters. The van der Waals surface area contributed by atoms with Crippen LogP contribution in [-0.2, 0) is 25.5 Å². The first-order chi connectivity index (χ1) is 20.2. The molecule has 0 aliphatic rings. The molecule has 0 spiro atoms. The maximum atomic E-state index is 12.8. The van der Waals surface area contributed by atoms with Crippen LogP contribution in [0.4, 0.5) is 32.3 Å². The molecule has 0 aromatic heterocycles. The van der Waals surface area contributed by atoms with Crippen molar-refractivity contribution in [3.05, 3.63) is 59.7 Å². The van der Waals surface area contributed by atoms with E-state index in [1.807, 2.05) is 18.2 Å². The van der Waals surface area contributed by atoms with Crippen molar-refractivity contribution in [3.63, 3.8) is 0 Å².